The Morgan fingerprint density at radius 2 is 2.53 bits per heavy atom. The molecule has 4 N–H and O–H groups in total. The molecule has 2 heterocycles. The number of hydrogen-bond acceptors (Lipinski definition) is 5. The van der Waals surface area contributed by atoms with E-state index in [9.17, 15) is 4.79 Å². The molecule has 0 amide bonds. The molecule has 1 saturated heterocycles. The topological polar surface area (TPSA) is 84.6 Å². The lowest BCUT2D eigenvalue weighted by atomic mass is 10.2. The van der Waals surface area contributed by atoms with Crippen molar-refractivity contribution >= 4 is 28.0 Å². The molecule has 0 bridgehead atoms. The van der Waals surface area contributed by atoms with Crippen molar-refractivity contribution in [1.29, 1.82) is 0 Å². The van der Waals surface area contributed by atoms with Gasteiger partial charge in [0.2, 0.25) is 0 Å². The molecule has 1 aromatic rings. The van der Waals surface area contributed by atoms with Gasteiger partial charge in [-0.3, -0.25) is 0 Å². The van der Waals surface area contributed by atoms with Crippen LogP contribution in [0.2, 0.25) is 0 Å². The molecule has 1 aromatic heterocycles. The molecule has 1 fully saturated rings. The molecule has 5 nitrogen and oxygen atoms in total. The SMILES string of the molecule is Nc1sc(C(=O)O)cc1NCC1CCO1. The summed E-state index contributed by atoms with van der Waals surface area (Å²) in [5.74, 6) is -0.945. The van der Waals surface area contributed by atoms with E-state index in [0.29, 0.717) is 17.2 Å². The number of hydrogen-bond donors (Lipinski definition) is 3. The summed E-state index contributed by atoms with van der Waals surface area (Å²) >= 11 is 1.07. The van der Waals surface area contributed by atoms with E-state index in [1.165, 1.54) is 0 Å². The predicted octanol–water partition coefficient (Wildman–Crippen LogP) is 1.23. The second kappa shape index (κ2) is 4.08. The number of thiophene rings is 1. The van der Waals surface area contributed by atoms with Crippen molar-refractivity contribution in [2.24, 2.45) is 0 Å². The van der Waals surface area contributed by atoms with Crippen molar-refractivity contribution in [3.05, 3.63) is 10.9 Å². The number of nitrogens with two attached hydrogens (primary N) is 1. The molecule has 1 aliphatic rings. The number of anilines is 2. The summed E-state index contributed by atoms with van der Waals surface area (Å²) in [6.07, 6.45) is 1.28. The van der Waals surface area contributed by atoms with Crippen LogP contribution in [-0.2, 0) is 4.74 Å². The Morgan fingerprint density at radius 3 is 3.00 bits per heavy atom. The zero-order valence-electron chi connectivity index (χ0n) is 8.03. The molecular formula is C9H12N2O3S. The fourth-order valence-electron chi connectivity index (χ4n) is 1.32. The molecule has 0 spiro atoms. The van der Waals surface area contributed by atoms with Crippen molar-refractivity contribution in [2.45, 2.75) is 12.5 Å². The van der Waals surface area contributed by atoms with Crippen molar-refractivity contribution in [3.8, 4) is 0 Å². The molecule has 1 atom stereocenters. The Hall–Kier alpha value is -1.27. The highest BCUT2D eigenvalue weighted by Crippen LogP contribution is 2.30. The van der Waals surface area contributed by atoms with Crippen LogP contribution in [0, 0.1) is 0 Å². The maximum atomic E-state index is 10.7. The Kier molecular flexibility index (Phi) is 2.79. The van der Waals surface area contributed by atoms with Crippen LogP contribution in [0.4, 0.5) is 10.7 Å². The van der Waals surface area contributed by atoms with Gasteiger partial charge in [0, 0.05) is 13.2 Å². The van der Waals surface area contributed by atoms with Crippen LogP contribution in [0.1, 0.15) is 16.1 Å². The van der Waals surface area contributed by atoms with Gasteiger partial charge in [0.25, 0.3) is 0 Å². The van der Waals surface area contributed by atoms with E-state index in [-0.39, 0.29) is 11.0 Å². The van der Waals surface area contributed by atoms with E-state index in [1.807, 2.05) is 0 Å². The van der Waals surface area contributed by atoms with Crippen LogP contribution < -0.4 is 11.1 Å². The van der Waals surface area contributed by atoms with Gasteiger partial charge < -0.3 is 20.9 Å². The smallest absolute Gasteiger partial charge is 0.346 e. The van der Waals surface area contributed by atoms with Crippen LogP contribution in [0.5, 0.6) is 0 Å². The summed E-state index contributed by atoms with van der Waals surface area (Å²) in [5, 5.41) is 12.4. The molecule has 6 heteroatoms. The highest BCUT2D eigenvalue weighted by molar-refractivity contribution is 7.18. The third kappa shape index (κ3) is 2.21. The Morgan fingerprint density at radius 1 is 1.80 bits per heavy atom. The standard InChI is InChI=1S/C9H12N2O3S/c10-8-6(3-7(15-8)9(12)13)11-4-5-1-2-14-5/h3,5,11H,1-2,4,10H2,(H,12,13). The van der Waals surface area contributed by atoms with Crippen LogP contribution in [0.25, 0.3) is 0 Å². The van der Waals surface area contributed by atoms with Gasteiger partial charge >= 0.3 is 5.97 Å². The van der Waals surface area contributed by atoms with E-state index in [0.717, 1.165) is 24.4 Å². The summed E-state index contributed by atoms with van der Waals surface area (Å²) in [4.78, 5) is 10.9. The minimum Gasteiger partial charge on any atom is -0.477 e. The number of nitrogens with one attached hydrogen (secondary N) is 1. The van der Waals surface area contributed by atoms with E-state index in [1.54, 1.807) is 6.07 Å². The number of ether oxygens (including phenoxy) is 1. The molecule has 0 aliphatic carbocycles. The Bertz CT molecular complexity index is 373. The molecule has 15 heavy (non-hydrogen) atoms. The Labute approximate surface area is 90.8 Å². The number of nitrogen functional groups attached to an aromatic ring is 1. The zero-order chi connectivity index (χ0) is 10.8. The first-order valence-electron chi connectivity index (χ1n) is 4.65. The fourth-order valence-corrected chi connectivity index (χ4v) is 2.06. The summed E-state index contributed by atoms with van der Waals surface area (Å²) in [6.45, 7) is 1.49. The van der Waals surface area contributed by atoms with E-state index >= 15 is 0 Å². The van der Waals surface area contributed by atoms with Gasteiger partial charge in [-0.2, -0.15) is 0 Å². The van der Waals surface area contributed by atoms with Gasteiger partial charge in [0.05, 0.1) is 11.8 Å². The maximum absolute atomic E-state index is 10.7. The highest BCUT2D eigenvalue weighted by atomic mass is 32.1. The Balaban J connectivity index is 1.97. The summed E-state index contributed by atoms with van der Waals surface area (Å²) in [5.41, 5.74) is 6.36. The fraction of sp³-hybridized carbons (Fsp3) is 0.444. The molecule has 0 radical (unpaired) electrons. The van der Waals surface area contributed by atoms with Gasteiger partial charge in [0.1, 0.15) is 9.88 Å². The molecule has 82 valence electrons. The predicted molar refractivity (Wildman–Crippen MR) is 58.5 cm³/mol. The lowest BCUT2D eigenvalue weighted by Gasteiger charge is -2.26. The van der Waals surface area contributed by atoms with Gasteiger partial charge in [-0.25, -0.2) is 4.79 Å². The third-order valence-corrected chi connectivity index (χ3v) is 3.24. The van der Waals surface area contributed by atoms with E-state index in [4.69, 9.17) is 15.6 Å². The summed E-state index contributed by atoms with van der Waals surface area (Å²) < 4.78 is 5.23. The number of carboxylic acid groups (broad SMARTS) is 1. The second-order valence-electron chi connectivity index (χ2n) is 3.36. The van der Waals surface area contributed by atoms with Gasteiger partial charge in [-0.15, -0.1) is 11.3 Å². The number of carbonyl (C=O) groups is 1. The highest BCUT2D eigenvalue weighted by Gasteiger charge is 2.18. The van der Waals surface area contributed by atoms with Crippen molar-refractivity contribution < 1.29 is 14.6 Å². The summed E-state index contributed by atoms with van der Waals surface area (Å²) in [7, 11) is 0. The minimum atomic E-state index is -0.945. The lowest BCUT2D eigenvalue weighted by molar-refractivity contribution is -0.0410. The normalized spacial score (nSPS) is 19.6. The molecule has 1 unspecified atom stereocenters. The van der Waals surface area contributed by atoms with Crippen molar-refractivity contribution in [3.63, 3.8) is 0 Å². The molecular weight excluding hydrogens is 216 g/mol. The van der Waals surface area contributed by atoms with Crippen LogP contribution in [0.3, 0.4) is 0 Å². The van der Waals surface area contributed by atoms with Crippen molar-refractivity contribution in [1.82, 2.24) is 0 Å². The first-order chi connectivity index (χ1) is 7.16. The first kappa shape index (κ1) is 10.3. The van der Waals surface area contributed by atoms with Crippen molar-refractivity contribution in [2.75, 3.05) is 24.2 Å². The van der Waals surface area contributed by atoms with Crippen LogP contribution in [-0.4, -0.2) is 30.3 Å². The lowest BCUT2D eigenvalue weighted by Crippen LogP contribution is -2.33. The number of rotatable bonds is 4. The number of carboxylic acids is 1. The second-order valence-corrected chi connectivity index (χ2v) is 4.44. The van der Waals surface area contributed by atoms with Crippen LogP contribution in [0.15, 0.2) is 6.07 Å². The molecule has 0 aromatic carbocycles. The number of aromatic carboxylic acids is 1. The zero-order valence-corrected chi connectivity index (χ0v) is 8.84. The van der Waals surface area contributed by atoms with Crippen LogP contribution >= 0.6 is 11.3 Å². The van der Waals surface area contributed by atoms with Gasteiger partial charge in [-0.05, 0) is 12.5 Å². The average Bonchev–Trinajstić information content (AvgIpc) is 2.45. The molecule has 2 rings (SSSR count). The molecule has 0 saturated carbocycles. The quantitative estimate of drug-likeness (QED) is 0.721. The maximum Gasteiger partial charge on any atom is 0.346 e. The largest absolute Gasteiger partial charge is 0.477 e. The van der Waals surface area contributed by atoms with Gasteiger partial charge in [0.15, 0.2) is 0 Å². The van der Waals surface area contributed by atoms with Gasteiger partial charge in [-0.1, -0.05) is 0 Å². The third-order valence-electron chi connectivity index (χ3n) is 2.29. The van der Waals surface area contributed by atoms with E-state index in [2.05, 4.69) is 5.32 Å². The first-order valence-corrected chi connectivity index (χ1v) is 5.46. The monoisotopic (exact) mass is 228 g/mol. The summed E-state index contributed by atoms with van der Waals surface area (Å²) in [6, 6.07) is 1.56. The minimum absolute atomic E-state index is 0.234. The average molecular weight is 228 g/mol. The molecule has 1 aliphatic heterocycles. The van der Waals surface area contributed by atoms with E-state index < -0.39 is 5.97 Å².